The van der Waals surface area contributed by atoms with Crippen molar-refractivity contribution < 1.29 is 14.3 Å². The number of nitrogens with zero attached hydrogens (tertiary/aromatic N) is 2. The average Bonchev–Trinajstić information content (AvgIpc) is 3.29. The Morgan fingerprint density at radius 1 is 1.30 bits per heavy atom. The van der Waals surface area contributed by atoms with E-state index in [1.165, 1.54) is 7.11 Å². The Morgan fingerprint density at radius 2 is 2.04 bits per heavy atom. The van der Waals surface area contributed by atoms with Crippen LogP contribution in [0.15, 0.2) is 36.7 Å². The van der Waals surface area contributed by atoms with Crippen LogP contribution in [-0.4, -0.2) is 47.9 Å². The van der Waals surface area contributed by atoms with E-state index in [2.05, 4.69) is 21.0 Å². The number of hydrogen-bond acceptors (Lipinski definition) is 5. The molecule has 3 rings (SSSR count). The fourth-order valence-electron chi connectivity index (χ4n) is 3.20. The third-order valence-corrected chi connectivity index (χ3v) is 4.82. The van der Waals surface area contributed by atoms with Gasteiger partial charge >= 0.3 is 0 Å². The predicted molar refractivity (Wildman–Crippen MR) is 102 cm³/mol. The van der Waals surface area contributed by atoms with E-state index in [1.807, 2.05) is 19.4 Å². The summed E-state index contributed by atoms with van der Waals surface area (Å²) in [5.41, 5.74) is 2.30. The van der Waals surface area contributed by atoms with Crippen molar-refractivity contribution in [1.29, 1.82) is 0 Å². The van der Waals surface area contributed by atoms with Crippen LogP contribution in [0.3, 0.4) is 0 Å². The van der Waals surface area contributed by atoms with E-state index in [-0.39, 0.29) is 23.7 Å². The van der Waals surface area contributed by atoms with Crippen molar-refractivity contribution in [2.45, 2.75) is 18.9 Å². The van der Waals surface area contributed by atoms with Gasteiger partial charge in [-0.15, -0.1) is 0 Å². The number of nitrogens with one attached hydrogen (secondary N) is 3. The Morgan fingerprint density at radius 3 is 2.70 bits per heavy atom. The normalized spacial score (nSPS) is 20.3. The second-order valence-corrected chi connectivity index (χ2v) is 6.76. The third kappa shape index (κ3) is 4.53. The van der Waals surface area contributed by atoms with Gasteiger partial charge in [0.2, 0.25) is 5.91 Å². The van der Waals surface area contributed by atoms with Crippen molar-refractivity contribution in [1.82, 2.24) is 15.1 Å². The molecule has 1 unspecified atom stereocenters. The maximum absolute atomic E-state index is 12.8. The van der Waals surface area contributed by atoms with Crippen LogP contribution in [0.4, 0.5) is 11.4 Å². The molecular weight excluding hydrogens is 346 g/mol. The molecule has 0 aliphatic carbocycles. The lowest BCUT2D eigenvalue weighted by Crippen LogP contribution is -2.28. The molecule has 0 spiro atoms. The Balaban J connectivity index is 1.67. The molecule has 1 aliphatic rings. The van der Waals surface area contributed by atoms with Crippen molar-refractivity contribution in [3.05, 3.63) is 42.2 Å². The lowest BCUT2D eigenvalue weighted by atomic mass is 9.90. The van der Waals surface area contributed by atoms with E-state index < -0.39 is 6.10 Å². The molecule has 0 saturated carbocycles. The van der Waals surface area contributed by atoms with Crippen LogP contribution in [-0.2, 0) is 21.4 Å². The van der Waals surface area contributed by atoms with E-state index in [0.717, 1.165) is 12.1 Å². The van der Waals surface area contributed by atoms with Gasteiger partial charge in [0.15, 0.2) is 0 Å². The molecule has 1 aliphatic heterocycles. The van der Waals surface area contributed by atoms with Gasteiger partial charge in [0.05, 0.1) is 12.1 Å². The van der Waals surface area contributed by atoms with Crippen molar-refractivity contribution >= 4 is 23.2 Å². The Bertz CT molecular complexity index is 819. The first-order valence-electron chi connectivity index (χ1n) is 8.91. The number of aryl methyl sites for hydroxylation is 1. The van der Waals surface area contributed by atoms with Gasteiger partial charge in [-0.1, -0.05) is 6.07 Å². The number of amides is 2. The molecule has 3 atom stereocenters. The summed E-state index contributed by atoms with van der Waals surface area (Å²) in [5.74, 6) is -0.384. The molecule has 1 aromatic heterocycles. The van der Waals surface area contributed by atoms with Gasteiger partial charge < -0.3 is 20.7 Å². The molecule has 8 nitrogen and oxygen atoms in total. The van der Waals surface area contributed by atoms with Crippen LogP contribution in [0.25, 0.3) is 0 Å². The molecule has 1 aromatic carbocycles. The minimum atomic E-state index is -0.548. The van der Waals surface area contributed by atoms with Crippen LogP contribution >= 0.6 is 0 Å². The van der Waals surface area contributed by atoms with Crippen LogP contribution < -0.4 is 16.0 Å². The standard InChI is InChI=1S/C19H25N5O3/c1-12(27-3)18(25)22-14-5-4-6-15(7-14)23-19(26)17-10-20-9-16(17)13-8-21-24(2)11-13/h4-8,11-12,16-17,20H,9-10H2,1-3H3,(H,22,25)(H,23,26)/t12?,16-,17+/m1/s1. The topological polar surface area (TPSA) is 97.3 Å². The molecule has 0 bridgehead atoms. The summed E-state index contributed by atoms with van der Waals surface area (Å²) in [6, 6.07) is 7.09. The molecule has 8 heteroatoms. The maximum Gasteiger partial charge on any atom is 0.253 e. The zero-order chi connectivity index (χ0) is 19.4. The van der Waals surface area contributed by atoms with Crippen molar-refractivity contribution in [3.63, 3.8) is 0 Å². The van der Waals surface area contributed by atoms with Gasteiger partial charge in [0.25, 0.3) is 5.91 Å². The highest BCUT2D eigenvalue weighted by molar-refractivity contribution is 5.96. The summed E-state index contributed by atoms with van der Waals surface area (Å²) in [6.07, 6.45) is 3.21. The number of ether oxygens (including phenoxy) is 1. The molecule has 144 valence electrons. The molecule has 1 fully saturated rings. The predicted octanol–water partition coefficient (Wildman–Crippen LogP) is 1.34. The Hall–Kier alpha value is -2.71. The molecule has 0 radical (unpaired) electrons. The summed E-state index contributed by atoms with van der Waals surface area (Å²) in [7, 11) is 3.35. The van der Waals surface area contributed by atoms with E-state index in [9.17, 15) is 9.59 Å². The second kappa shape index (κ2) is 8.32. The van der Waals surface area contributed by atoms with E-state index >= 15 is 0 Å². The molecule has 2 aromatic rings. The molecule has 1 saturated heterocycles. The molecule has 2 heterocycles. The van der Waals surface area contributed by atoms with Crippen LogP contribution in [0.1, 0.15) is 18.4 Å². The van der Waals surface area contributed by atoms with Gasteiger partial charge in [0.1, 0.15) is 6.10 Å². The zero-order valence-corrected chi connectivity index (χ0v) is 15.7. The zero-order valence-electron chi connectivity index (χ0n) is 15.7. The number of rotatable bonds is 6. The minimum absolute atomic E-state index is 0.0532. The van der Waals surface area contributed by atoms with Crippen LogP contribution in [0.5, 0.6) is 0 Å². The first-order valence-corrected chi connectivity index (χ1v) is 8.91. The monoisotopic (exact) mass is 371 g/mol. The summed E-state index contributed by atoms with van der Waals surface area (Å²) in [6.45, 7) is 3.04. The van der Waals surface area contributed by atoms with Gasteiger partial charge in [-0.05, 0) is 30.7 Å². The quantitative estimate of drug-likeness (QED) is 0.712. The fraction of sp³-hybridized carbons (Fsp3) is 0.421. The van der Waals surface area contributed by atoms with E-state index in [4.69, 9.17) is 4.74 Å². The number of aromatic nitrogens is 2. The number of carbonyl (C=O) groups is 2. The summed E-state index contributed by atoms with van der Waals surface area (Å²) in [4.78, 5) is 24.8. The van der Waals surface area contributed by atoms with Crippen LogP contribution in [0, 0.1) is 5.92 Å². The molecule has 2 amide bonds. The van der Waals surface area contributed by atoms with Crippen molar-refractivity contribution in [2.24, 2.45) is 13.0 Å². The largest absolute Gasteiger partial charge is 0.372 e. The smallest absolute Gasteiger partial charge is 0.253 e. The Kier molecular flexibility index (Phi) is 5.88. The first-order chi connectivity index (χ1) is 13.0. The molecule has 27 heavy (non-hydrogen) atoms. The lowest BCUT2D eigenvalue weighted by molar-refractivity contribution is -0.124. The number of benzene rings is 1. The first kappa shape index (κ1) is 19.1. The number of carbonyl (C=O) groups excluding carboxylic acids is 2. The number of methoxy groups -OCH3 is 1. The highest BCUT2D eigenvalue weighted by Crippen LogP contribution is 2.29. The summed E-state index contributed by atoms with van der Waals surface area (Å²) in [5, 5.41) is 13.2. The van der Waals surface area contributed by atoms with Crippen molar-refractivity contribution in [2.75, 3.05) is 30.8 Å². The number of anilines is 2. The summed E-state index contributed by atoms with van der Waals surface area (Å²) < 4.78 is 6.75. The van der Waals surface area contributed by atoms with Gasteiger partial charge in [-0.25, -0.2) is 0 Å². The lowest BCUT2D eigenvalue weighted by Gasteiger charge is -2.17. The highest BCUT2D eigenvalue weighted by Gasteiger charge is 2.34. The van der Waals surface area contributed by atoms with Crippen molar-refractivity contribution in [3.8, 4) is 0 Å². The van der Waals surface area contributed by atoms with Gasteiger partial charge in [0, 0.05) is 50.7 Å². The minimum Gasteiger partial charge on any atom is -0.372 e. The number of hydrogen-bond donors (Lipinski definition) is 3. The summed E-state index contributed by atoms with van der Waals surface area (Å²) >= 11 is 0. The third-order valence-electron chi connectivity index (χ3n) is 4.82. The molecular formula is C19H25N5O3. The SMILES string of the molecule is COC(C)C(=O)Nc1cccc(NC(=O)[C@H]2CNC[C@@H]2c2cnn(C)c2)c1. The van der Waals surface area contributed by atoms with Gasteiger partial charge in [-0.3, -0.25) is 14.3 Å². The average molecular weight is 371 g/mol. The Labute approximate surface area is 158 Å². The van der Waals surface area contributed by atoms with E-state index in [0.29, 0.717) is 17.9 Å². The van der Waals surface area contributed by atoms with Gasteiger partial charge in [-0.2, -0.15) is 5.10 Å². The highest BCUT2D eigenvalue weighted by atomic mass is 16.5. The van der Waals surface area contributed by atoms with Crippen LogP contribution in [0.2, 0.25) is 0 Å². The van der Waals surface area contributed by atoms with E-state index in [1.54, 1.807) is 35.9 Å². The second-order valence-electron chi connectivity index (χ2n) is 6.76. The maximum atomic E-state index is 12.8. The fourth-order valence-corrected chi connectivity index (χ4v) is 3.20. The molecule has 3 N–H and O–H groups in total.